The van der Waals surface area contributed by atoms with Crippen LogP contribution in [0.4, 0.5) is 4.79 Å². The van der Waals surface area contributed by atoms with Gasteiger partial charge in [0.05, 0.1) is 0 Å². The van der Waals surface area contributed by atoms with E-state index in [1.54, 1.807) is 20.8 Å². The zero-order valence-corrected chi connectivity index (χ0v) is 11.5. The summed E-state index contributed by atoms with van der Waals surface area (Å²) in [6.07, 6.45) is 3.95. The van der Waals surface area contributed by atoms with Gasteiger partial charge in [-0.1, -0.05) is 19.3 Å². The molecule has 0 aromatic carbocycles. The summed E-state index contributed by atoms with van der Waals surface area (Å²) < 4.78 is 0. The van der Waals surface area contributed by atoms with Crippen LogP contribution in [0.25, 0.3) is 0 Å². The molecule has 1 fully saturated rings. The molecule has 0 saturated heterocycles. The lowest BCUT2D eigenvalue weighted by Crippen LogP contribution is -2.59. The van der Waals surface area contributed by atoms with E-state index >= 15 is 0 Å². The van der Waals surface area contributed by atoms with Crippen LogP contribution >= 0.6 is 0 Å². The summed E-state index contributed by atoms with van der Waals surface area (Å²) in [6, 6.07) is -0.706. The van der Waals surface area contributed by atoms with E-state index in [1.807, 2.05) is 0 Å². The number of nitrogens with two attached hydrogens (primary N) is 1. The highest BCUT2D eigenvalue weighted by atomic mass is 16.4. The Morgan fingerprint density at radius 2 is 1.72 bits per heavy atom. The highest BCUT2D eigenvalue weighted by molar-refractivity contribution is 5.84. The fraction of sp³-hybridized carbons (Fsp3) is 0.846. The lowest BCUT2D eigenvalue weighted by Gasteiger charge is -2.42. The molecule has 2 amide bonds. The first kappa shape index (κ1) is 14.8. The van der Waals surface area contributed by atoms with Crippen LogP contribution in [0.2, 0.25) is 0 Å². The minimum absolute atomic E-state index is 0.0616. The van der Waals surface area contributed by atoms with Crippen LogP contribution in [0.15, 0.2) is 0 Å². The van der Waals surface area contributed by atoms with Crippen molar-refractivity contribution in [1.82, 2.24) is 4.90 Å². The molecule has 0 heterocycles. The van der Waals surface area contributed by atoms with E-state index in [4.69, 9.17) is 5.73 Å². The van der Waals surface area contributed by atoms with Gasteiger partial charge in [-0.15, -0.1) is 0 Å². The smallest absolute Gasteiger partial charge is 0.408 e. The molecule has 0 aromatic heterocycles. The molecule has 0 radical (unpaired) electrons. The Hall–Kier alpha value is -1.26. The SMILES string of the molecule is CC(C)(C)N(C(=O)O)C(C(N)=O)C1CCCCC1. The first-order valence-corrected chi connectivity index (χ1v) is 6.56. The van der Waals surface area contributed by atoms with Crippen LogP contribution in [-0.2, 0) is 4.79 Å². The van der Waals surface area contributed by atoms with Crippen LogP contribution in [0.1, 0.15) is 52.9 Å². The molecule has 1 rings (SSSR count). The zero-order chi connectivity index (χ0) is 13.9. The van der Waals surface area contributed by atoms with E-state index in [1.165, 1.54) is 4.90 Å². The van der Waals surface area contributed by atoms with Gasteiger partial charge in [-0.3, -0.25) is 9.69 Å². The largest absolute Gasteiger partial charge is 0.465 e. The number of nitrogens with zero attached hydrogens (tertiary/aromatic N) is 1. The Labute approximate surface area is 108 Å². The third-order valence-corrected chi connectivity index (χ3v) is 3.59. The van der Waals surface area contributed by atoms with Crippen molar-refractivity contribution in [2.24, 2.45) is 11.7 Å². The lowest BCUT2D eigenvalue weighted by molar-refractivity contribution is -0.127. The van der Waals surface area contributed by atoms with Crippen molar-refractivity contribution in [3.63, 3.8) is 0 Å². The van der Waals surface area contributed by atoms with Crippen molar-refractivity contribution in [2.45, 2.75) is 64.5 Å². The Morgan fingerprint density at radius 3 is 2.06 bits per heavy atom. The normalized spacial score (nSPS) is 19.3. The van der Waals surface area contributed by atoms with Gasteiger partial charge in [-0.05, 0) is 39.5 Å². The molecule has 104 valence electrons. The van der Waals surface area contributed by atoms with E-state index in [0.29, 0.717) is 0 Å². The fourth-order valence-electron chi connectivity index (χ4n) is 2.84. The monoisotopic (exact) mass is 256 g/mol. The Balaban J connectivity index is 3.00. The number of carboxylic acid groups (broad SMARTS) is 1. The summed E-state index contributed by atoms with van der Waals surface area (Å²) in [5.74, 6) is -0.467. The van der Waals surface area contributed by atoms with Crippen molar-refractivity contribution in [1.29, 1.82) is 0 Å². The van der Waals surface area contributed by atoms with Gasteiger partial charge in [0.25, 0.3) is 0 Å². The van der Waals surface area contributed by atoms with Crippen molar-refractivity contribution in [3.8, 4) is 0 Å². The maximum atomic E-state index is 11.7. The third kappa shape index (κ3) is 3.37. The van der Waals surface area contributed by atoms with E-state index in [-0.39, 0.29) is 5.92 Å². The molecule has 5 heteroatoms. The minimum atomic E-state index is -1.07. The van der Waals surface area contributed by atoms with Crippen molar-refractivity contribution < 1.29 is 14.7 Å². The molecule has 1 unspecified atom stereocenters. The van der Waals surface area contributed by atoms with Gasteiger partial charge >= 0.3 is 6.09 Å². The molecule has 1 aliphatic rings. The zero-order valence-electron chi connectivity index (χ0n) is 11.5. The lowest BCUT2D eigenvalue weighted by atomic mass is 9.81. The number of hydrogen-bond donors (Lipinski definition) is 2. The van der Waals surface area contributed by atoms with Gasteiger partial charge < -0.3 is 10.8 Å². The number of primary amides is 1. The number of hydrogen-bond acceptors (Lipinski definition) is 2. The predicted octanol–water partition coefficient (Wildman–Crippen LogP) is 2.20. The Bertz CT molecular complexity index is 317. The molecular formula is C13H24N2O3. The first-order chi connectivity index (χ1) is 8.25. The van der Waals surface area contributed by atoms with Crippen LogP contribution in [-0.4, -0.2) is 33.6 Å². The molecule has 5 nitrogen and oxygen atoms in total. The molecule has 3 N–H and O–H groups in total. The summed E-state index contributed by atoms with van der Waals surface area (Å²) in [7, 11) is 0. The van der Waals surface area contributed by atoms with Crippen molar-refractivity contribution in [3.05, 3.63) is 0 Å². The van der Waals surface area contributed by atoms with Crippen molar-refractivity contribution in [2.75, 3.05) is 0 Å². The molecule has 0 spiro atoms. The maximum absolute atomic E-state index is 11.7. The van der Waals surface area contributed by atoms with Gasteiger partial charge in [-0.25, -0.2) is 4.79 Å². The number of amides is 2. The van der Waals surface area contributed by atoms with Gasteiger partial charge in [0, 0.05) is 5.54 Å². The highest BCUT2D eigenvalue weighted by Gasteiger charge is 2.41. The van der Waals surface area contributed by atoms with Crippen LogP contribution < -0.4 is 5.73 Å². The van der Waals surface area contributed by atoms with Gasteiger partial charge in [-0.2, -0.15) is 0 Å². The van der Waals surface area contributed by atoms with Gasteiger partial charge in [0.15, 0.2) is 0 Å². The topological polar surface area (TPSA) is 83.6 Å². The summed E-state index contributed by atoms with van der Waals surface area (Å²) in [5.41, 5.74) is 4.84. The quantitative estimate of drug-likeness (QED) is 0.812. The molecule has 18 heavy (non-hydrogen) atoms. The Morgan fingerprint density at radius 1 is 1.22 bits per heavy atom. The van der Waals surface area contributed by atoms with E-state index in [9.17, 15) is 14.7 Å². The second-order valence-electron chi connectivity index (χ2n) is 6.07. The Kier molecular flexibility index (Phi) is 4.59. The van der Waals surface area contributed by atoms with Crippen LogP contribution in [0, 0.1) is 5.92 Å². The summed E-state index contributed by atoms with van der Waals surface area (Å²) in [4.78, 5) is 24.4. The number of carbonyl (C=O) groups excluding carboxylic acids is 1. The fourth-order valence-corrected chi connectivity index (χ4v) is 2.84. The average Bonchev–Trinajstić information content (AvgIpc) is 2.24. The predicted molar refractivity (Wildman–Crippen MR) is 69.2 cm³/mol. The van der Waals surface area contributed by atoms with Crippen LogP contribution in [0.3, 0.4) is 0 Å². The molecule has 0 bridgehead atoms. The second kappa shape index (κ2) is 5.59. The van der Waals surface area contributed by atoms with Gasteiger partial charge in [0.2, 0.25) is 5.91 Å². The molecule has 1 aliphatic carbocycles. The summed E-state index contributed by atoms with van der Waals surface area (Å²) in [6.45, 7) is 5.37. The second-order valence-corrected chi connectivity index (χ2v) is 6.07. The van der Waals surface area contributed by atoms with E-state index < -0.39 is 23.6 Å². The van der Waals surface area contributed by atoms with E-state index in [0.717, 1.165) is 32.1 Å². The number of carbonyl (C=O) groups is 2. The minimum Gasteiger partial charge on any atom is -0.465 e. The molecule has 0 aromatic rings. The molecular weight excluding hydrogens is 232 g/mol. The maximum Gasteiger partial charge on any atom is 0.408 e. The van der Waals surface area contributed by atoms with Gasteiger partial charge in [0.1, 0.15) is 6.04 Å². The molecule has 0 aliphatic heterocycles. The molecule has 1 saturated carbocycles. The summed E-state index contributed by atoms with van der Waals surface area (Å²) in [5, 5.41) is 9.38. The standard InChI is InChI=1S/C13H24N2O3/c1-13(2,3)15(12(17)18)10(11(14)16)9-7-5-4-6-8-9/h9-10H,4-8H2,1-3H3,(H2,14,16)(H,17,18). The average molecular weight is 256 g/mol. The molecule has 1 atom stereocenters. The van der Waals surface area contributed by atoms with Crippen molar-refractivity contribution >= 4 is 12.0 Å². The van der Waals surface area contributed by atoms with Crippen LogP contribution in [0.5, 0.6) is 0 Å². The van der Waals surface area contributed by atoms with E-state index in [2.05, 4.69) is 0 Å². The third-order valence-electron chi connectivity index (χ3n) is 3.59. The highest BCUT2D eigenvalue weighted by Crippen LogP contribution is 2.32. The first-order valence-electron chi connectivity index (χ1n) is 6.56. The number of rotatable bonds is 3. The summed E-state index contributed by atoms with van der Waals surface area (Å²) >= 11 is 0.